The third-order valence-corrected chi connectivity index (χ3v) is 4.20. The summed E-state index contributed by atoms with van der Waals surface area (Å²) in [5, 5.41) is 3.98. The molecule has 3 rings (SSSR count). The van der Waals surface area contributed by atoms with Crippen molar-refractivity contribution in [1.29, 1.82) is 0 Å². The second-order valence-electron chi connectivity index (χ2n) is 5.71. The first-order valence-electron chi connectivity index (χ1n) is 7.07. The first-order valence-corrected chi connectivity index (χ1v) is 7.07. The largest absolute Gasteiger partial charge is 0.339 e. The van der Waals surface area contributed by atoms with Crippen LogP contribution in [0.2, 0.25) is 0 Å². The molecule has 1 atom stereocenters. The van der Waals surface area contributed by atoms with Gasteiger partial charge in [0.15, 0.2) is 17.5 Å². The van der Waals surface area contributed by atoms with Crippen LogP contribution in [0.1, 0.15) is 55.8 Å². The molecule has 0 bridgehead atoms. The van der Waals surface area contributed by atoms with Gasteiger partial charge < -0.3 is 10.3 Å². The Bertz CT molecular complexity index is 650. The molecule has 0 radical (unpaired) electrons. The van der Waals surface area contributed by atoms with Crippen LogP contribution < -0.4 is 5.73 Å². The number of rotatable bonds is 3. The molecular weight excluding hydrogens is 276 g/mol. The van der Waals surface area contributed by atoms with Gasteiger partial charge in [-0.15, -0.1) is 0 Å². The van der Waals surface area contributed by atoms with Crippen LogP contribution in [0, 0.1) is 11.6 Å². The van der Waals surface area contributed by atoms with Crippen molar-refractivity contribution in [2.24, 2.45) is 5.73 Å². The minimum atomic E-state index is -0.884. The van der Waals surface area contributed by atoms with E-state index in [1.165, 1.54) is 6.07 Å². The first-order chi connectivity index (χ1) is 9.99. The van der Waals surface area contributed by atoms with Crippen LogP contribution in [0.25, 0.3) is 0 Å². The first kappa shape index (κ1) is 14.1. The summed E-state index contributed by atoms with van der Waals surface area (Å²) in [6, 6.07) is 3.76. The maximum Gasteiger partial charge on any atom is 0.233 e. The van der Waals surface area contributed by atoms with Gasteiger partial charge in [-0.1, -0.05) is 24.1 Å². The third-order valence-electron chi connectivity index (χ3n) is 4.20. The number of benzene rings is 1. The molecule has 1 heterocycles. The Morgan fingerprint density at radius 3 is 2.62 bits per heavy atom. The molecule has 0 aliphatic heterocycles. The predicted molar refractivity (Wildman–Crippen MR) is 72.5 cm³/mol. The number of halogens is 2. The van der Waals surface area contributed by atoms with Gasteiger partial charge in [-0.3, -0.25) is 0 Å². The summed E-state index contributed by atoms with van der Waals surface area (Å²) in [7, 11) is 0. The standard InChI is InChI=1S/C15H17F2N3O/c1-9(10-4-5-11(16)12(17)8-10)13-19-14(20-21-13)15(18)6-2-3-7-15/h4-5,8-9H,2-3,6-7,18H2,1H3. The highest BCUT2D eigenvalue weighted by molar-refractivity contribution is 5.25. The fraction of sp³-hybridized carbons (Fsp3) is 0.467. The Kier molecular flexibility index (Phi) is 3.49. The van der Waals surface area contributed by atoms with Gasteiger partial charge >= 0.3 is 0 Å². The summed E-state index contributed by atoms with van der Waals surface area (Å²) < 4.78 is 31.6. The lowest BCUT2D eigenvalue weighted by molar-refractivity contribution is 0.343. The van der Waals surface area contributed by atoms with Crippen LogP contribution in [-0.4, -0.2) is 10.1 Å². The summed E-state index contributed by atoms with van der Waals surface area (Å²) >= 11 is 0. The van der Waals surface area contributed by atoms with E-state index in [1.807, 2.05) is 6.92 Å². The van der Waals surface area contributed by atoms with E-state index in [0.717, 1.165) is 37.8 Å². The molecule has 2 N–H and O–H groups in total. The van der Waals surface area contributed by atoms with Gasteiger partial charge in [-0.05, 0) is 37.5 Å². The van der Waals surface area contributed by atoms with Crippen LogP contribution in [0.15, 0.2) is 22.7 Å². The van der Waals surface area contributed by atoms with Crippen molar-refractivity contribution in [2.75, 3.05) is 0 Å². The van der Waals surface area contributed by atoms with E-state index in [-0.39, 0.29) is 5.92 Å². The minimum absolute atomic E-state index is 0.314. The average Bonchev–Trinajstić information content (AvgIpc) is 3.11. The van der Waals surface area contributed by atoms with Gasteiger partial charge in [0.2, 0.25) is 5.89 Å². The molecule has 112 valence electrons. The molecule has 1 aliphatic carbocycles. The summed E-state index contributed by atoms with van der Waals surface area (Å²) in [4.78, 5) is 4.37. The number of hydrogen-bond acceptors (Lipinski definition) is 4. The van der Waals surface area contributed by atoms with Crippen LogP contribution >= 0.6 is 0 Å². The maximum atomic E-state index is 13.3. The van der Waals surface area contributed by atoms with Crippen LogP contribution in [0.5, 0.6) is 0 Å². The molecule has 2 aromatic rings. The Morgan fingerprint density at radius 1 is 1.24 bits per heavy atom. The molecule has 0 saturated heterocycles. The molecule has 4 nitrogen and oxygen atoms in total. The number of aromatic nitrogens is 2. The van der Waals surface area contributed by atoms with Gasteiger partial charge in [0.25, 0.3) is 0 Å². The quantitative estimate of drug-likeness (QED) is 0.943. The zero-order valence-electron chi connectivity index (χ0n) is 11.8. The lowest BCUT2D eigenvalue weighted by Gasteiger charge is -2.17. The number of nitrogens with two attached hydrogens (primary N) is 1. The Morgan fingerprint density at radius 2 is 1.95 bits per heavy atom. The van der Waals surface area contributed by atoms with Crippen molar-refractivity contribution in [1.82, 2.24) is 10.1 Å². The van der Waals surface area contributed by atoms with E-state index >= 15 is 0 Å². The zero-order chi connectivity index (χ0) is 15.0. The van der Waals surface area contributed by atoms with E-state index in [2.05, 4.69) is 10.1 Å². The predicted octanol–water partition coefficient (Wildman–Crippen LogP) is 3.23. The maximum absolute atomic E-state index is 13.3. The van der Waals surface area contributed by atoms with Crippen molar-refractivity contribution in [3.05, 3.63) is 47.1 Å². The van der Waals surface area contributed by atoms with E-state index in [0.29, 0.717) is 17.3 Å². The van der Waals surface area contributed by atoms with Crippen molar-refractivity contribution in [2.45, 2.75) is 44.1 Å². The molecule has 1 saturated carbocycles. The minimum Gasteiger partial charge on any atom is -0.339 e. The molecule has 1 aliphatic rings. The average molecular weight is 293 g/mol. The highest BCUT2D eigenvalue weighted by Gasteiger charge is 2.36. The summed E-state index contributed by atoms with van der Waals surface area (Å²) in [5.41, 5.74) is 6.35. The zero-order valence-corrected chi connectivity index (χ0v) is 11.8. The van der Waals surface area contributed by atoms with Gasteiger partial charge in [0.1, 0.15) is 0 Å². The Hall–Kier alpha value is -1.82. The summed E-state index contributed by atoms with van der Waals surface area (Å²) in [6.45, 7) is 1.81. The Labute approximate surface area is 121 Å². The lowest BCUT2D eigenvalue weighted by atomic mass is 9.98. The van der Waals surface area contributed by atoms with Gasteiger partial charge in [-0.25, -0.2) is 8.78 Å². The molecule has 21 heavy (non-hydrogen) atoms. The van der Waals surface area contributed by atoms with E-state index in [9.17, 15) is 8.78 Å². The van der Waals surface area contributed by atoms with Crippen molar-refractivity contribution in [3.8, 4) is 0 Å². The Balaban J connectivity index is 1.86. The second kappa shape index (κ2) is 5.18. The lowest BCUT2D eigenvalue weighted by Crippen LogP contribution is -2.34. The molecule has 6 heteroatoms. The highest BCUT2D eigenvalue weighted by Crippen LogP contribution is 2.35. The molecule has 0 spiro atoms. The fourth-order valence-corrected chi connectivity index (χ4v) is 2.77. The highest BCUT2D eigenvalue weighted by atomic mass is 19.2. The molecule has 1 aromatic carbocycles. The number of nitrogens with zero attached hydrogens (tertiary/aromatic N) is 2. The molecule has 1 fully saturated rings. The SMILES string of the molecule is CC(c1ccc(F)c(F)c1)c1nc(C2(N)CCCC2)no1. The van der Waals surface area contributed by atoms with Crippen LogP contribution in [-0.2, 0) is 5.54 Å². The van der Waals surface area contributed by atoms with Gasteiger partial charge in [0.05, 0.1) is 11.5 Å². The molecule has 0 amide bonds. The van der Waals surface area contributed by atoms with Crippen LogP contribution in [0.4, 0.5) is 8.78 Å². The summed E-state index contributed by atoms with van der Waals surface area (Å²) in [5.74, 6) is -1.20. The van der Waals surface area contributed by atoms with Crippen molar-refractivity contribution >= 4 is 0 Å². The summed E-state index contributed by atoms with van der Waals surface area (Å²) in [6.07, 6.45) is 3.79. The second-order valence-corrected chi connectivity index (χ2v) is 5.71. The smallest absolute Gasteiger partial charge is 0.233 e. The third kappa shape index (κ3) is 2.55. The molecular formula is C15H17F2N3O. The topological polar surface area (TPSA) is 64.9 Å². The van der Waals surface area contributed by atoms with Crippen LogP contribution in [0.3, 0.4) is 0 Å². The molecule has 1 unspecified atom stereocenters. The fourth-order valence-electron chi connectivity index (χ4n) is 2.77. The van der Waals surface area contributed by atoms with E-state index in [1.54, 1.807) is 0 Å². The van der Waals surface area contributed by atoms with E-state index in [4.69, 9.17) is 10.3 Å². The van der Waals surface area contributed by atoms with Crippen molar-refractivity contribution < 1.29 is 13.3 Å². The normalized spacial score (nSPS) is 18.9. The number of hydrogen-bond donors (Lipinski definition) is 1. The molecule has 1 aromatic heterocycles. The van der Waals surface area contributed by atoms with Gasteiger partial charge in [-0.2, -0.15) is 4.98 Å². The van der Waals surface area contributed by atoms with Gasteiger partial charge in [0, 0.05) is 0 Å². The van der Waals surface area contributed by atoms with E-state index < -0.39 is 17.2 Å². The monoisotopic (exact) mass is 293 g/mol. The van der Waals surface area contributed by atoms with Crippen molar-refractivity contribution in [3.63, 3.8) is 0 Å².